The van der Waals surface area contributed by atoms with Crippen LogP contribution in [0.4, 0.5) is 4.39 Å². The van der Waals surface area contributed by atoms with Crippen molar-refractivity contribution < 1.29 is 13.9 Å². The number of halogens is 1. The van der Waals surface area contributed by atoms with Crippen LogP contribution in [-0.4, -0.2) is 37.2 Å². The lowest BCUT2D eigenvalue weighted by Gasteiger charge is -2.39. The summed E-state index contributed by atoms with van der Waals surface area (Å²) in [5.41, 5.74) is 0.317. The molecule has 0 aliphatic carbocycles. The maximum absolute atomic E-state index is 13.3. The first-order valence-corrected chi connectivity index (χ1v) is 9.06. The SMILES string of the molecule is O=C(NC1CC2CCC(C1)N2)C1(c2ccc(F)cc2)CCOCC1. The number of fused-ring (bicyclic) bond motifs is 2. The fourth-order valence-electron chi connectivity index (χ4n) is 4.63. The summed E-state index contributed by atoms with van der Waals surface area (Å²) < 4.78 is 18.8. The molecule has 0 saturated carbocycles. The Bertz CT molecular complexity index is 586. The van der Waals surface area contributed by atoms with Gasteiger partial charge in [0, 0.05) is 31.3 Å². The molecule has 0 spiro atoms. The maximum atomic E-state index is 13.3. The van der Waals surface area contributed by atoms with Gasteiger partial charge in [-0.25, -0.2) is 4.39 Å². The van der Waals surface area contributed by atoms with E-state index in [4.69, 9.17) is 4.74 Å². The monoisotopic (exact) mass is 332 g/mol. The molecule has 5 heteroatoms. The minimum Gasteiger partial charge on any atom is -0.381 e. The number of ether oxygens (including phenoxy) is 1. The molecule has 3 fully saturated rings. The van der Waals surface area contributed by atoms with Crippen molar-refractivity contribution in [2.24, 2.45) is 0 Å². The van der Waals surface area contributed by atoms with Gasteiger partial charge in [0.25, 0.3) is 0 Å². The van der Waals surface area contributed by atoms with Crippen LogP contribution in [0.3, 0.4) is 0 Å². The van der Waals surface area contributed by atoms with Crippen molar-refractivity contribution in [3.8, 4) is 0 Å². The Balaban J connectivity index is 1.54. The van der Waals surface area contributed by atoms with Gasteiger partial charge in [-0.3, -0.25) is 4.79 Å². The highest BCUT2D eigenvalue weighted by Crippen LogP contribution is 2.36. The molecule has 24 heavy (non-hydrogen) atoms. The van der Waals surface area contributed by atoms with E-state index in [1.807, 2.05) is 0 Å². The third kappa shape index (κ3) is 2.95. The van der Waals surface area contributed by atoms with Crippen molar-refractivity contribution in [3.63, 3.8) is 0 Å². The summed E-state index contributed by atoms with van der Waals surface area (Å²) in [6, 6.07) is 7.75. The predicted octanol–water partition coefficient (Wildman–Crippen LogP) is 2.27. The number of piperidine rings is 1. The molecule has 0 aromatic heterocycles. The first-order valence-electron chi connectivity index (χ1n) is 9.06. The minimum atomic E-state index is -0.587. The molecule has 130 valence electrons. The van der Waals surface area contributed by atoms with Gasteiger partial charge >= 0.3 is 0 Å². The van der Waals surface area contributed by atoms with Gasteiger partial charge in [-0.2, -0.15) is 0 Å². The van der Waals surface area contributed by atoms with Crippen LogP contribution in [0.5, 0.6) is 0 Å². The molecule has 1 aromatic carbocycles. The van der Waals surface area contributed by atoms with E-state index in [-0.39, 0.29) is 17.8 Å². The molecular formula is C19H25FN2O2. The first kappa shape index (κ1) is 16.0. The Labute approximate surface area is 142 Å². The first-order chi connectivity index (χ1) is 11.7. The quantitative estimate of drug-likeness (QED) is 0.893. The third-order valence-corrected chi connectivity index (χ3v) is 5.99. The van der Waals surface area contributed by atoms with Crippen molar-refractivity contribution in [2.45, 2.75) is 62.1 Å². The number of carbonyl (C=O) groups excluding carboxylic acids is 1. The summed E-state index contributed by atoms with van der Waals surface area (Å²) in [4.78, 5) is 13.2. The highest BCUT2D eigenvalue weighted by atomic mass is 19.1. The van der Waals surface area contributed by atoms with Crippen LogP contribution >= 0.6 is 0 Å². The van der Waals surface area contributed by atoms with Gasteiger partial charge < -0.3 is 15.4 Å². The molecule has 2 unspecified atom stereocenters. The van der Waals surface area contributed by atoms with Gasteiger partial charge in [-0.15, -0.1) is 0 Å². The normalized spacial score (nSPS) is 31.6. The Kier molecular flexibility index (Phi) is 4.31. The molecule has 1 aromatic rings. The zero-order valence-electron chi connectivity index (χ0n) is 13.9. The number of hydrogen-bond donors (Lipinski definition) is 2. The van der Waals surface area contributed by atoms with Gasteiger partial charge in [-0.05, 0) is 56.2 Å². The van der Waals surface area contributed by atoms with Crippen LogP contribution in [-0.2, 0) is 14.9 Å². The number of carbonyl (C=O) groups is 1. The van der Waals surface area contributed by atoms with Crippen molar-refractivity contribution in [1.82, 2.24) is 10.6 Å². The molecule has 4 rings (SSSR count). The van der Waals surface area contributed by atoms with Crippen LogP contribution < -0.4 is 10.6 Å². The Morgan fingerprint density at radius 3 is 2.38 bits per heavy atom. The van der Waals surface area contributed by atoms with Gasteiger partial charge in [0.2, 0.25) is 5.91 Å². The van der Waals surface area contributed by atoms with Crippen molar-refractivity contribution >= 4 is 5.91 Å². The van der Waals surface area contributed by atoms with Crippen LogP contribution in [0.2, 0.25) is 0 Å². The van der Waals surface area contributed by atoms with E-state index >= 15 is 0 Å². The highest BCUT2D eigenvalue weighted by molar-refractivity contribution is 5.88. The van der Waals surface area contributed by atoms with Crippen LogP contribution in [0.15, 0.2) is 24.3 Å². The summed E-state index contributed by atoms with van der Waals surface area (Å²) in [6.45, 7) is 1.14. The number of benzene rings is 1. The topological polar surface area (TPSA) is 50.4 Å². The van der Waals surface area contributed by atoms with Crippen LogP contribution in [0, 0.1) is 5.82 Å². The van der Waals surface area contributed by atoms with Gasteiger partial charge in [0.05, 0.1) is 5.41 Å². The average molecular weight is 332 g/mol. The number of amides is 1. The number of rotatable bonds is 3. The smallest absolute Gasteiger partial charge is 0.231 e. The van der Waals surface area contributed by atoms with Gasteiger partial charge in [0.1, 0.15) is 5.82 Å². The second-order valence-electron chi connectivity index (χ2n) is 7.48. The van der Waals surface area contributed by atoms with Crippen molar-refractivity contribution in [3.05, 3.63) is 35.6 Å². The van der Waals surface area contributed by atoms with E-state index in [0.29, 0.717) is 38.1 Å². The zero-order valence-corrected chi connectivity index (χ0v) is 13.9. The maximum Gasteiger partial charge on any atom is 0.231 e. The van der Waals surface area contributed by atoms with Crippen molar-refractivity contribution in [1.29, 1.82) is 0 Å². The van der Waals surface area contributed by atoms with E-state index in [1.165, 1.54) is 25.0 Å². The second kappa shape index (κ2) is 6.45. The lowest BCUT2D eigenvalue weighted by molar-refractivity contribution is -0.131. The molecule has 3 saturated heterocycles. The molecule has 2 bridgehead atoms. The number of hydrogen-bond acceptors (Lipinski definition) is 3. The fraction of sp³-hybridized carbons (Fsp3) is 0.632. The largest absolute Gasteiger partial charge is 0.381 e. The Morgan fingerprint density at radius 2 is 1.75 bits per heavy atom. The van der Waals surface area contributed by atoms with Crippen molar-refractivity contribution in [2.75, 3.05) is 13.2 Å². The zero-order chi connectivity index (χ0) is 16.6. The van der Waals surface area contributed by atoms with Gasteiger partial charge in [0.15, 0.2) is 0 Å². The molecule has 3 heterocycles. The summed E-state index contributed by atoms with van der Waals surface area (Å²) in [7, 11) is 0. The van der Waals surface area contributed by atoms with Gasteiger partial charge in [-0.1, -0.05) is 12.1 Å². The lowest BCUT2D eigenvalue weighted by Crippen LogP contribution is -2.54. The lowest BCUT2D eigenvalue weighted by atomic mass is 9.73. The van der Waals surface area contributed by atoms with E-state index in [1.54, 1.807) is 12.1 Å². The minimum absolute atomic E-state index is 0.0868. The van der Waals surface area contributed by atoms with Crippen LogP contribution in [0.25, 0.3) is 0 Å². The second-order valence-corrected chi connectivity index (χ2v) is 7.48. The molecule has 3 aliphatic heterocycles. The third-order valence-electron chi connectivity index (χ3n) is 5.99. The summed E-state index contributed by atoms with van der Waals surface area (Å²) in [5.74, 6) is -0.181. The van der Waals surface area contributed by atoms with E-state index in [0.717, 1.165) is 18.4 Å². The molecule has 4 nitrogen and oxygen atoms in total. The summed E-state index contributed by atoms with van der Waals surface area (Å²) in [5, 5.41) is 6.92. The summed E-state index contributed by atoms with van der Waals surface area (Å²) in [6.07, 6.45) is 5.77. The standard InChI is InChI=1S/C19H25FN2O2/c20-14-3-1-13(2-4-14)19(7-9-24-10-8-19)18(23)22-17-11-15-5-6-16(12-17)21-15/h1-4,15-17,21H,5-12H2,(H,22,23). The van der Waals surface area contributed by atoms with Crippen LogP contribution in [0.1, 0.15) is 44.1 Å². The Hall–Kier alpha value is -1.46. The number of nitrogens with one attached hydrogen (secondary N) is 2. The molecule has 1 amide bonds. The molecule has 3 aliphatic rings. The average Bonchev–Trinajstić information content (AvgIpc) is 2.94. The molecule has 2 atom stereocenters. The fourth-order valence-corrected chi connectivity index (χ4v) is 4.63. The molecule has 0 radical (unpaired) electrons. The van der Waals surface area contributed by atoms with E-state index in [2.05, 4.69) is 10.6 Å². The Morgan fingerprint density at radius 1 is 1.12 bits per heavy atom. The summed E-state index contributed by atoms with van der Waals surface area (Å²) >= 11 is 0. The molecule has 2 N–H and O–H groups in total. The highest BCUT2D eigenvalue weighted by Gasteiger charge is 2.43. The van der Waals surface area contributed by atoms with E-state index < -0.39 is 5.41 Å². The molecular weight excluding hydrogens is 307 g/mol. The van der Waals surface area contributed by atoms with E-state index in [9.17, 15) is 9.18 Å². The predicted molar refractivity (Wildman–Crippen MR) is 89.2 cm³/mol.